The van der Waals surface area contributed by atoms with Crippen molar-refractivity contribution >= 4 is 11.6 Å². The van der Waals surface area contributed by atoms with E-state index in [9.17, 15) is 4.39 Å². The van der Waals surface area contributed by atoms with Crippen LogP contribution in [0.3, 0.4) is 0 Å². The quantitative estimate of drug-likeness (QED) is 0.391. The second kappa shape index (κ2) is 11.8. The molecule has 0 amide bonds. The van der Waals surface area contributed by atoms with Gasteiger partial charge in [0.25, 0.3) is 0 Å². The number of hydrogen-bond acceptors (Lipinski definition) is 4. The van der Waals surface area contributed by atoms with Crippen molar-refractivity contribution in [2.24, 2.45) is 4.99 Å². The fourth-order valence-corrected chi connectivity index (χ4v) is 3.11. The van der Waals surface area contributed by atoms with Crippen LogP contribution in [0.2, 0.25) is 0 Å². The molecular weight excluding hydrogens is 345 g/mol. The first-order chi connectivity index (χ1) is 13.2. The van der Waals surface area contributed by atoms with E-state index in [-0.39, 0.29) is 5.82 Å². The summed E-state index contributed by atoms with van der Waals surface area (Å²) in [7, 11) is 0. The minimum absolute atomic E-state index is 0.165. The van der Waals surface area contributed by atoms with Gasteiger partial charge in [-0.1, -0.05) is 13.0 Å². The van der Waals surface area contributed by atoms with Crippen LogP contribution < -0.4 is 15.5 Å². The first-order valence-electron chi connectivity index (χ1n) is 10.0. The van der Waals surface area contributed by atoms with Crippen molar-refractivity contribution in [3.8, 4) is 0 Å². The van der Waals surface area contributed by atoms with Crippen LogP contribution in [-0.2, 0) is 11.3 Å². The Morgan fingerprint density at radius 2 is 1.93 bits per heavy atom. The molecule has 1 fully saturated rings. The number of benzene rings is 1. The smallest absolute Gasteiger partial charge is 0.191 e. The van der Waals surface area contributed by atoms with E-state index in [1.165, 1.54) is 0 Å². The Morgan fingerprint density at radius 3 is 2.56 bits per heavy atom. The average Bonchev–Trinajstić information content (AvgIpc) is 2.69. The van der Waals surface area contributed by atoms with Gasteiger partial charge in [0.15, 0.2) is 5.96 Å². The lowest BCUT2D eigenvalue weighted by atomic mass is 10.1. The third-order valence-electron chi connectivity index (χ3n) is 4.68. The fraction of sp³-hybridized carbons (Fsp3) is 0.650. The Labute approximate surface area is 162 Å². The Balaban J connectivity index is 1.93. The van der Waals surface area contributed by atoms with Gasteiger partial charge in [0.2, 0.25) is 0 Å². The first-order valence-corrected chi connectivity index (χ1v) is 10.0. The third-order valence-corrected chi connectivity index (χ3v) is 4.68. The van der Waals surface area contributed by atoms with Crippen molar-refractivity contribution in [3.05, 3.63) is 29.6 Å². The van der Waals surface area contributed by atoms with E-state index in [0.717, 1.165) is 50.8 Å². The number of ether oxygens (including phenoxy) is 1. The number of likely N-dealkylation sites (N-methyl/N-ethyl adjacent to an activating group) is 1. The van der Waals surface area contributed by atoms with Crippen LogP contribution in [0.4, 0.5) is 10.1 Å². The second-order valence-corrected chi connectivity index (χ2v) is 6.53. The van der Waals surface area contributed by atoms with Crippen LogP contribution >= 0.6 is 0 Å². The van der Waals surface area contributed by atoms with Crippen LogP contribution in [0.1, 0.15) is 26.3 Å². The molecule has 2 N–H and O–H groups in total. The highest BCUT2D eigenvalue weighted by atomic mass is 19.1. The molecule has 0 aliphatic carbocycles. The Hall–Kier alpha value is -1.86. The molecule has 0 saturated carbocycles. The van der Waals surface area contributed by atoms with Gasteiger partial charge in [-0.05, 0) is 38.1 Å². The summed E-state index contributed by atoms with van der Waals surface area (Å²) in [6, 6.07) is 5.46. The van der Waals surface area contributed by atoms with Gasteiger partial charge in [-0.2, -0.15) is 0 Å². The second-order valence-electron chi connectivity index (χ2n) is 6.53. The summed E-state index contributed by atoms with van der Waals surface area (Å²) in [4.78, 5) is 9.06. The van der Waals surface area contributed by atoms with Crippen molar-refractivity contribution < 1.29 is 9.13 Å². The Morgan fingerprint density at radius 1 is 1.15 bits per heavy atom. The van der Waals surface area contributed by atoms with Crippen LogP contribution in [-0.4, -0.2) is 69.9 Å². The normalized spacial score (nSPS) is 15.9. The maximum atomic E-state index is 14.6. The van der Waals surface area contributed by atoms with Gasteiger partial charge in [0, 0.05) is 45.9 Å². The maximum absolute atomic E-state index is 14.6. The number of halogens is 1. The van der Waals surface area contributed by atoms with Gasteiger partial charge in [0.05, 0.1) is 18.8 Å². The van der Waals surface area contributed by atoms with Crippen LogP contribution in [0.25, 0.3) is 0 Å². The Kier molecular flexibility index (Phi) is 9.35. The molecule has 1 saturated heterocycles. The molecule has 1 heterocycles. The summed E-state index contributed by atoms with van der Waals surface area (Å²) in [5.41, 5.74) is 1.56. The highest BCUT2D eigenvalue weighted by Gasteiger charge is 2.18. The van der Waals surface area contributed by atoms with Crippen molar-refractivity contribution in [1.82, 2.24) is 15.5 Å². The fourth-order valence-electron chi connectivity index (χ4n) is 3.11. The van der Waals surface area contributed by atoms with Gasteiger partial charge in [0.1, 0.15) is 5.82 Å². The molecule has 0 unspecified atom stereocenters. The van der Waals surface area contributed by atoms with Gasteiger partial charge in [-0.3, -0.25) is 0 Å². The van der Waals surface area contributed by atoms with E-state index in [2.05, 4.69) is 32.3 Å². The molecule has 0 bridgehead atoms. The largest absolute Gasteiger partial charge is 0.380 e. The zero-order valence-electron chi connectivity index (χ0n) is 16.9. The number of hydrogen-bond donors (Lipinski definition) is 2. The number of nitrogens with one attached hydrogen (secondary N) is 2. The molecule has 0 radical (unpaired) electrons. The van der Waals surface area contributed by atoms with Crippen molar-refractivity contribution in [2.45, 2.75) is 27.3 Å². The summed E-state index contributed by atoms with van der Waals surface area (Å²) in [6.07, 6.45) is 0. The summed E-state index contributed by atoms with van der Waals surface area (Å²) in [5.74, 6) is 0.555. The Bertz CT molecular complexity index is 588. The SMILES string of the molecule is CCNC(=NCc1ccc(N2CCN(CC)CC2)c(F)c1)NCCOCC. The molecule has 6 nitrogen and oxygen atoms in total. The standard InChI is InChI=1S/C20H34FN5O/c1-4-22-20(23-9-14-27-6-3)24-16-17-7-8-19(18(21)15-17)26-12-10-25(5-2)11-13-26/h7-8,15H,4-6,9-14,16H2,1-3H3,(H2,22,23,24). The number of nitrogens with zero attached hydrogens (tertiary/aromatic N) is 3. The molecule has 1 aromatic rings. The topological polar surface area (TPSA) is 52.1 Å². The number of aliphatic imine (C=N–C) groups is 1. The van der Waals surface area contributed by atoms with Gasteiger partial charge in [-0.15, -0.1) is 0 Å². The molecule has 7 heteroatoms. The molecule has 2 rings (SSSR count). The van der Waals surface area contributed by atoms with E-state index < -0.39 is 0 Å². The minimum Gasteiger partial charge on any atom is -0.380 e. The molecular formula is C20H34FN5O. The summed E-state index contributed by atoms with van der Waals surface area (Å²) >= 11 is 0. The van der Waals surface area contributed by atoms with Gasteiger partial charge < -0.3 is 25.2 Å². The van der Waals surface area contributed by atoms with E-state index in [1.54, 1.807) is 6.07 Å². The first kappa shape index (κ1) is 21.4. The summed E-state index contributed by atoms with van der Waals surface area (Å²) in [6.45, 7) is 14.2. The average molecular weight is 380 g/mol. The van der Waals surface area contributed by atoms with E-state index >= 15 is 0 Å². The lowest BCUT2D eigenvalue weighted by Gasteiger charge is -2.35. The summed E-state index contributed by atoms with van der Waals surface area (Å²) in [5, 5.41) is 6.41. The number of guanidine groups is 1. The lowest BCUT2D eigenvalue weighted by Crippen LogP contribution is -2.46. The van der Waals surface area contributed by atoms with E-state index in [1.807, 2.05) is 26.0 Å². The molecule has 27 heavy (non-hydrogen) atoms. The molecule has 1 aromatic carbocycles. The van der Waals surface area contributed by atoms with Gasteiger partial charge in [-0.25, -0.2) is 9.38 Å². The molecule has 0 aromatic heterocycles. The van der Waals surface area contributed by atoms with E-state index in [0.29, 0.717) is 32.0 Å². The number of piperazine rings is 1. The van der Waals surface area contributed by atoms with E-state index in [4.69, 9.17) is 4.74 Å². The van der Waals surface area contributed by atoms with Crippen molar-refractivity contribution in [1.29, 1.82) is 0 Å². The highest BCUT2D eigenvalue weighted by molar-refractivity contribution is 5.79. The predicted octanol–water partition coefficient (Wildman–Crippen LogP) is 2.06. The van der Waals surface area contributed by atoms with Gasteiger partial charge >= 0.3 is 0 Å². The predicted molar refractivity (Wildman–Crippen MR) is 110 cm³/mol. The minimum atomic E-state index is -0.165. The highest BCUT2D eigenvalue weighted by Crippen LogP contribution is 2.22. The van der Waals surface area contributed by atoms with Crippen LogP contribution in [0.5, 0.6) is 0 Å². The van der Waals surface area contributed by atoms with Crippen molar-refractivity contribution in [3.63, 3.8) is 0 Å². The molecule has 0 atom stereocenters. The third kappa shape index (κ3) is 6.99. The molecule has 152 valence electrons. The van der Waals surface area contributed by atoms with Crippen LogP contribution in [0, 0.1) is 5.82 Å². The molecule has 1 aliphatic rings. The number of anilines is 1. The zero-order valence-corrected chi connectivity index (χ0v) is 16.9. The molecule has 1 aliphatic heterocycles. The van der Waals surface area contributed by atoms with Crippen LogP contribution in [0.15, 0.2) is 23.2 Å². The lowest BCUT2D eigenvalue weighted by molar-refractivity contribution is 0.152. The zero-order chi connectivity index (χ0) is 19.5. The molecule has 0 spiro atoms. The number of rotatable bonds is 9. The van der Waals surface area contributed by atoms with Crippen molar-refractivity contribution in [2.75, 3.05) is 63.9 Å². The maximum Gasteiger partial charge on any atom is 0.191 e. The monoisotopic (exact) mass is 379 g/mol. The summed E-state index contributed by atoms with van der Waals surface area (Å²) < 4.78 is 19.9.